The first kappa shape index (κ1) is 7.69. The van der Waals surface area contributed by atoms with E-state index in [2.05, 4.69) is 17.4 Å². The number of hydrogen-bond donors (Lipinski definition) is 1. The molecule has 14 heavy (non-hydrogen) atoms. The molecule has 1 saturated heterocycles. The summed E-state index contributed by atoms with van der Waals surface area (Å²) < 4.78 is 0. The van der Waals surface area contributed by atoms with Crippen molar-refractivity contribution in [3.63, 3.8) is 0 Å². The molecule has 2 saturated carbocycles. The van der Waals surface area contributed by atoms with Crippen LogP contribution >= 0.6 is 0 Å². The van der Waals surface area contributed by atoms with E-state index >= 15 is 0 Å². The second-order valence-corrected chi connectivity index (χ2v) is 5.56. The van der Waals surface area contributed by atoms with Crippen molar-refractivity contribution in [2.75, 3.05) is 13.1 Å². The molecule has 3 heteroatoms. The zero-order chi connectivity index (χ0) is 9.39. The first-order valence-corrected chi connectivity index (χ1v) is 5.73. The van der Waals surface area contributed by atoms with Crippen LogP contribution in [-0.2, 0) is 4.84 Å². The van der Waals surface area contributed by atoms with Crippen molar-refractivity contribution in [3.05, 3.63) is 0 Å². The highest BCUT2D eigenvalue weighted by molar-refractivity contribution is 5.96. The molecular weight excluding hydrogens is 176 g/mol. The van der Waals surface area contributed by atoms with Gasteiger partial charge in [0.2, 0.25) is 0 Å². The molecule has 1 N–H and O–H groups in total. The van der Waals surface area contributed by atoms with Crippen LogP contribution < -0.4 is 5.32 Å². The van der Waals surface area contributed by atoms with E-state index in [0.717, 1.165) is 24.8 Å². The fourth-order valence-electron chi connectivity index (χ4n) is 3.57. The first-order valence-electron chi connectivity index (χ1n) is 5.73. The number of piperidine rings is 1. The second kappa shape index (κ2) is 2.01. The molecule has 0 bridgehead atoms. The lowest BCUT2D eigenvalue weighted by atomic mass is 9.92. The predicted octanol–water partition coefficient (Wildman–Crippen LogP) is 1.15. The summed E-state index contributed by atoms with van der Waals surface area (Å²) in [5, 5.41) is 7.85. The maximum atomic E-state index is 5.58. The molecule has 2 aliphatic carbocycles. The number of oxime groups is 1. The standard InChI is InChI=1S/C11H16N2O/c1-7-8-5-12-6-11(7,8)9-4-10(2-3-10)14-13-9/h7-8,12H,2-6H2,1H3/t7-,8-,11+/m1/s1. The minimum atomic E-state index is 0.180. The average molecular weight is 192 g/mol. The monoisotopic (exact) mass is 192 g/mol. The summed E-state index contributed by atoms with van der Waals surface area (Å²) in [7, 11) is 0. The minimum absolute atomic E-state index is 0.180. The van der Waals surface area contributed by atoms with Crippen molar-refractivity contribution in [2.24, 2.45) is 22.4 Å². The molecule has 0 aromatic heterocycles. The van der Waals surface area contributed by atoms with Crippen molar-refractivity contribution >= 4 is 5.71 Å². The number of nitrogens with one attached hydrogen (secondary N) is 1. The van der Waals surface area contributed by atoms with Crippen molar-refractivity contribution in [1.29, 1.82) is 0 Å². The lowest BCUT2D eigenvalue weighted by molar-refractivity contribution is 0.0650. The van der Waals surface area contributed by atoms with Crippen LogP contribution in [0.1, 0.15) is 26.2 Å². The Labute approximate surface area is 83.9 Å². The fraction of sp³-hybridized carbons (Fsp3) is 0.909. The minimum Gasteiger partial charge on any atom is -0.389 e. The lowest BCUT2D eigenvalue weighted by Crippen LogP contribution is -2.27. The zero-order valence-corrected chi connectivity index (χ0v) is 8.55. The Hall–Kier alpha value is -0.570. The fourth-order valence-corrected chi connectivity index (χ4v) is 3.57. The van der Waals surface area contributed by atoms with Gasteiger partial charge in [0, 0.05) is 18.4 Å². The van der Waals surface area contributed by atoms with E-state index in [0.29, 0.717) is 5.41 Å². The van der Waals surface area contributed by atoms with Crippen molar-refractivity contribution < 1.29 is 4.84 Å². The molecule has 76 valence electrons. The van der Waals surface area contributed by atoms with Gasteiger partial charge < -0.3 is 10.2 Å². The number of hydrogen-bond acceptors (Lipinski definition) is 3. The summed E-state index contributed by atoms with van der Waals surface area (Å²) >= 11 is 0. The Bertz CT molecular complexity index is 334. The van der Waals surface area contributed by atoms with Gasteiger partial charge in [-0.3, -0.25) is 0 Å². The van der Waals surface area contributed by atoms with E-state index in [1.807, 2.05) is 0 Å². The smallest absolute Gasteiger partial charge is 0.143 e. The van der Waals surface area contributed by atoms with Gasteiger partial charge >= 0.3 is 0 Å². The number of rotatable bonds is 1. The van der Waals surface area contributed by atoms with Crippen LogP contribution in [0.25, 0.3) is 0 Å². The summed E-state index contributed by atoms with van der Waals surface area (Å²) in [6.07, 6.45) is 3.57. The van der Waals surface area contributed by atoms with Gasteiger partial charge in [-0.15, -0.1) is 0 Å². The topological polar surface area (TPSA) is 33.6 Å². The second-order valence-electron chi connectivity index (χ2n) is 5.56. The zero-order valence-electron chi connectivity index (χ0n) is 8.55. The van der Waals surface area contributed by atoms with Crippen LogP contribution in [0.4, 0.5) is 0 Å². The molecule has 0 unspecified atom stereocenters. The van der Waals surface area contributed by atoms with E-state index in [-0.39, 0.29) is 5.60 Å². The van der Waals surface area contributed by atoms with Crippen LogP contribution in [0, 0.1) is 17.3 Å². The molecule has 1 spiro atoms. The molecular formula is C11H16N2O. The third-order valence-electron chi connectivity index (χ3n) is 4.93. The van der Waals surface area contributed by atoms with Gasteiger partial charge in [-0.25, -0.2) is 0 Å². The summed E-state index contributed by atoms with van der Waals surface area (Å²) in [4.78, 5) is 5.58. The number of nitrogens with zero attached hydrogens (tertiary/aromatic N) is 1. The molecule has 3 fully saturated rings. The summed E-state index contributed by atoms with van der Waals surface area (Å²) in [5.41, 5.74) is 1.96. The predicted molar refractivity (Wildman–Crippen MR) is 53.1 cm³/mol. The molecule has 0 aromatic rings. The summed E-state index contributed by atoms with van der Waals surface area (Å²) in [6.45, 7) is 4.69. The molecule has 4 rings (SSSR count). The molecule has 2 aliphatic heterocycles. The highest BCUT2D eigenvalue weighted by Crippen LogP contribution is 2.64. The van der Waals surface area contributed by atoms with E-state index in [1.54, 1.807) is 0 Å². The van der Waals surface area contributed by atoms with Gasteiger partial charge in [-0.1, -0.05) is 12.1 Å². The van der Waals surface area contributed by atoms with Crippen molar-refractivity contribution in [3.8, 4) is 0 Å². The molecule has 0 radical (unpaired) electrons. The first-order chi connectivity index (χ1) is 6.77. The summed E-state index contributed by atoms with van der Waals surface area (Å²) in [6, 6.07) is 0. The van der Waals surface area contributed by atoms with Gasteiger partial charge in [0.15, 0.2) is 0 Å². The SMILES string of the molecule is C[C@@H]1[C@H]2CNC[C@]12C1=NOC2(CC2)C1. The quantitative estimate of drug-likeness (QED) is 0.676. The molecule has 2 heterocycles. The van der Waals surface area contributed by atoms with Crippen LogP contribution in [-0.4, -0.2) is 24.4 Å². The Kier molecular flexibility index (Phi) is 1.10. The normalized spacial score (nSPS) is 51.4. The van der Waals surface area contributed by atoms with E-state index in [9.17, 15) is 0 Å². The van der Waals surface area contributed by atoms with Gasteiger partial charge in [-0.05, 0) is 31.2 Å². The van der Waals surface area contributed by atoms with E-state index < -0.39 is 0 Å². The van der Waals surface area contributed by atoms with Crippen molar-refractivity contribution in [2.45, 2.75) is 31.8 Å². The highest BCUT2D eigenvalue weighted by Gasteiger charge is 2.69. The largest absolute Gasteiger partial charge is 0.389 e. The van der Waals surface area contributed by atoms with Gasteiger partial charge in [0.05, 0.1) is 5.71 Å². The third-order valence-corrected chi connectivity index (χ3v) is 4.93. The molecule has 3 nitrogen and oxygen atoms in total. The highest BCUT2D eigenvalue weighted by atomic mass is 16.7. The Morgan fingerprint density at radius 2 is 2.36 bits per heavy atom. The maximum Gasteiger partial charge on any atom is 0.143 e. The van der Waals surface area contributed by atoms with E-state index in [1.165, 1.54) is 25.1 Å². The van der Waals surface area contributed by atoms with Crippen LogP contribution in [0.3, 0.4) is 0 Å². The third kappa shape index (κ3) is 0.691. The van der Waals surface area contributed by atoms with Crippen LogP contribution in [0.15, 0.2) is 5.16 Å². The van der Waals surface area contributed by atoms with Crippen molar-refractivity contribution in [1.82, 2.24) is 5.32 Å². The molecule has 3 atom stereocenters. The average Bonchev–Trinajstić information content (AvgIpc) is 2.89. The Morgan fingerprint density at radius 3 is 2.93 bits per heavy atom. The Morgan fingerprint density at radius 1 is 1.50 bits per heavy atom. The van der Waals surface area contributed by atoms with Crippen LogP contribution in [0.5, 0.6) is 0 Å². The van der Waals surface area contributed by atoms with Gasteiger partial charge in [0.1, 0.15) is 5.60 Å². The number of fused-ring (bicyclic) bond motifs is 1. The summed E-state index contributed by atoms with van der Waals surface area (Å²) in [5.74, 6) is 1.68. The van der Waals surface area contributed by atoms with Gasteiger partial charge in [-0.2, -0.15) is 0 Å². The molecule has 0 amide bonds. The van der Waals surface area contributed by atoms with Crippen LogP contribution in [0.2, 0.25) is 0 Å². The molecule has 0 aromatic carbocycles. The van der Waals surface area contributed by atoms with Gasteiger partial charge in [0.25, 0.3) is 0 Å². The lowest BCUT2D eigenvalue weighted by Gasteiger charge is -2.12. The Balaban J connectivity index is 1.64. The molecule has 4 aliphatic rings. The van der Waals surface area contributed by atoms with E-state index in [4.69, 9.17) is 4.84 Å². The maximum absolute atomic E-state index is 5.58.